The monoisotopic (exact) mass is 426 g/mol. The van der Waals surface area contributed by atoms with E-state index in [0.29, 0.717) is 12.0 Å². The van der Waals surface area contributed by atoms with E-state index in [1.165, 1.54) is 14.2 Å². The van der Waals surface area contributed by atoms with E-state index in [1.807, 2.05) is 30.3 Å². The molecule has 0 aliphatic carbocycles. The van der Waals surface area contributed by atoms with Crippen LogP contribution in [0.4, 0.5) is 0 Å². The maximum absolute atomic E-state index is 13.0. The van der Waals surface area contributed by atoms with Gasteiger partial charge in [-0.25, -0.2) is 9.59 Å². The topological polar surface area (TPSA) is 61.8 Å². The van der Waals surface area contributed by atoms with E-state index in [-0.39, 0.29) is 11.1 Å². The molecule has 0 spiro atoms. The van der Waals surface area contributed by atoms with Crippen LogP contribution in [0.1, 0.15) is 39.1 Å². The van der Waals surface area contributed by atoms with Gasteiger partial charge in [-0.3, -0.25) is 0 Å². The van der Waals surface area contributed by atoms with Crippen molar-refractivity contribution in [3.05, 3.63) is 65.4 Å². The van der Waals surface area contributed by atoms with Crippen molar-refractivity contribution in [3.8, 4) is 0 Å². The van der Waals surface area contributed by atoms with Crippen LogP contribution in [0.2, 0.25) is 19.6 Å². The van der Waals surface area contributed by atoms with Crippen LogP contribution in [0, 0.1) is 0 Å². The molecule has 2 rings (SSSR count). The molecule has 0 N–H and O–H groups in total. The van der Waals surface area contributed by atoms with Crippen LogP contribution >= 0.6 is 0 Å². The first-order valence-electron chi connectivity index (χ1n) is 9.82. The lowest BCUT2D eigenvalue weighted by atomic mass is 9.92. The Morgan fingerprint density at radius 3 is 2.13 bits per heavy atom. The molecule has 0 atom stereocenters. The largest absolute Gasteiger partial charge is 0.501 e. The summed E-state index contributed by atoms with van der Waals surface area (Å²) < 4.78 is 15.9. The summed E-state index contributed by atoms with van der Waals surface area (Å²) in [6, 6.07) is 9.39. The molecule has 6 heteroatoms. The van der Waals surface area contributed by atoms with Crippen LogP contribution in [0.25, 0.3) is 16.0 Å². The number of hydrogen-bond donors (Lipinski definition) is 0. The smallest absolute Gasteiger partial charge is 0.339 e. The minimum atomic E-state index is -2.08. The maximum atomic E-state index is 13.0. The highest BCUT2D eigenvalue weighted by Gasteiger charge is 2.34. The second-order valence-electron chi connectivity index (χ2n) is 7.96. The average Bonchev–Trinajstić information content (AvgIpc) is 2.73. The van der Waals surface area contributed by atoms with Crippen molar-refractivity contribution < 1.29 is 23.8 Å². The fourth-order valence-electron chi connectivity index (χ4n) is 3.69. The van der Waals surface area contributed by atoms with Crippen molar-refractivity contribution in [2.24, 2.45) is 0 Å². The highest BCUT2D eigenvalue weighted by Crippen LogP contribution is 2.40. The Kier molecular flexibility index (Phi) is 7.62. The summed E-state index contributed by atoms with van der Waals surface area (Å²) in [7, 11) is 2.18. The summed E-state index contributed by atoms with van der Waals surface area (Å²) in [5.41, 5.74) is 1.10. The van der Waals surface area contributed by atoms with Crippen molar-refractivity contribution in [1.29, 1.82) is 0 Å². The summed E-state index contributed by atoms with van der Waals surface area (Å²) in [5, 5.41) is 2.70. The van der Waals surface area contributed by atoms with Gasteiger partial charge >= 0.3 is 11.9 Å². The van der Waals surface area contributed by atoms with Crippen LogP contribution in [0.5, 0.6) is 0 Å². The summed E-state index contributed by atoms with van der Waals surface area (Å²) in [4.78, 5) is 25.6. The third-order valence-electron chi connectivity index (χ3n) is 4.94. The first kappa shape index (κ1) is 23.4. The number of carbonyl (C=O) groups excluding carboxylic acids is 2. The normalized spacial score (nSPS) is 12.2. The van der Waals surface area contributed by atoms with Crippen LogP contribution in [0.3, 0.4) is 0 Å². The van der Waals surface area contributed by atoms with Crippen molar-refractivity contribution >= 4 is 36.0 Å². The van der Waals surface area contributed by atoms with Gasteiger partial charge in [-0.2, -0.15) is 0 Å². The minimum absolute atomic E-state index is 0.188. The number of fused-ring (bicyclic) bond motifs is 1. The minimum Gasteiger partial charge on any atom is -0.501 e. The lowest BCUT2D eigenvalue weighted by Gasteiger charge is -2.28. The molecule has 0 aromatic heterocycles. The molecule has 0 bridgehead atoms. The van der Waals surface area contributed by atoms with E-state index in [0.717, 1.165) is 28.1 Å². The summed E-state index contributed by atoms with van der Waals surface area (Å²) >= 11 is 0. The molecule has 0 fully saturated rings. The highest BCUT2D eigenvalue weighted by molar-refractivity contribution is 6.94. The molecule has 0 aliphatic rings. The van der Waals surface area contributed by atoms with Crippen molar-refractivity contribution in [2.75, 3.05) is 21.3 Å². The first-order chi connectivity index (χ1) is 14.2. The molecular formula is C24H30O5Si. The number of ether oxygens (including phenoxy) is 3. The van der Waals surface area contributed by atoms with Crippen LogP contribution in [-0.4, -0.2) is 41.3 Å². The molecule has 0 saturated heterocycles. The van der Waals surface area contributed by atoms with E-state index in [9.17, 15) is 9.59 Å². The second kappa shape index (κ2) is 9.76. The fraction of sp³-hybridized carbons (Fsp3) is 0.333. The summed E-state index contributed by atoms with van der Waals surface area (Å²) in [6.45, 7) is 10.4. The Bertz CT molecular complexity index is 999. The Labute approximate surface area is 179 Å². The maximum Gasteiger partial charge on any atom is 0.339 e. The lowest BCUT2D eigenvalue weighted by Crippen LogP contribution is -2.28. The standard InChI is InChI=1S/C24H30O5Si/c1-8-9-14-19(27-2)22(30(5,6)7)20-17-13-11-10-12-16(17)15-18(23(25)28-3)21(20)24(26)29-4/h8,10-13,15H,1,9,14H2,2-7H3/b22-19-. The molecule has 2 aromatic rings. The van der Waals surface area contributed by atoms with E-state index in [1.54, 1.807) is 13.2 Å². The number of allylic oxidation sites excluding steroid dienone is 2. The number of rotatable bonds is 8. The Morgan fingerprint density at radius 2 is 1.60 bits per heavy atom. The first-order valence-corrected chi connectivity index (χ1v) is 13.3. The SMILES string of the molecule is C=CCC/C(OC)=C(\c1c(C(=O)OC)c(C(=O)OC)cc2ccccc12)[Si](C)(C)C. The van der Waals surface area contributed by atoms with Crippen LogP contribution in [-0.2, 0) is 14.2 Å². The van der Waals surface area contributed by atoms with Crippen LogP contribution in [0.15, 0.2) is 48.7 Å². The van der Waals surface area contributed by atoms with Gasteiger partial charge in [0.25, 0.3) is 0 Å². The number of benzene rings is 2. The Morgan fingerprint density at radius 1 is 0.967 bits per heavy atom. The second-order valence-corrected chi connectivity index (χ2v) is 13.0. The molecule has 2 aromatic carbocycles. The quantitative estimate of drug-likeness (QED) is 0.237. The fourth-order valence-corrected chi connectivity index (χ4v) is 5.76. The van der Waals surface area contributed by atoms with Gasteiger partial charge in [0.15, 0.2) is 0 Å². The molecule has 0 saturated carbocycles. The van der Waals surface area contributed by atoms with Crippen LogP contribution < -0.4 is 0 Å². The third kappa shape index (κ3) is 4.65. The molecular weight excluding hydrogens is 396 g/mol. The van der Waals surface area contributed by atoms with E-state index < -0.39 is 20.0 Å². The van der Waals surface area contributed by atoms with Gasteiger partial charge < -0.3 is 14.2 Å². The van der Waals surface area contributed by atoms with Crippen molar-refractivity contribution in [1.82, 2.24) is 0 Å². The molecule has 160 valence electrons. The van der Waals surface area contributed by atoms with Gasteiger partial charge in [-0.1, -0.05) is 50.0 Å². The van der Waals surface area contributed by atoms with E-state index >= 15 is 0 Å². The molecule has 0 radical (unpaired) electrons. The molecule has 5 nitrogen and oxygen atoms in total. The third-order valence-corrected chi connectivity index (χ3v) is 6.97. The molecule has 30 heavy (non-hydrogen) atoms. The summed E-state index contributed by atoms with van der Waals surface area (Å²) in [5.74, 6) is -0.361. The molecule has 0 heterocycles. The van der Waals surface area contributed by atoms with Crippen molar-refractivity contribution in [3.63, 3.8) is 0 Å². The zero-order valence-corrected chi connectivity index (χ0v) is 19.6. The van der Waals surface area contributed by atoms with Gasteiger partial charge in [0, 0.05) is 12.0 Å². The molecule has 0 unspecified atom stereocenters. The zero-order chi connectivity index (χ0) is 22.5. The van der Waals surface area contributed by atoms with E-state index in [4.69, 9.17) is 14.2 Å². The predicted octanol–water partition coefficient (Wildman–Crippen LogP) is 5.61. The number of esters is 2. The van der Waals surface area contributed by atoms with Gasteiger partial charge in [0.05, 0.1) is 46.3 Å². The number of methoxy groups -OCH3 is 3. The van der Waals surface area contributed by atoms with Gasteiger partial charge in [0.1, 0.15) is 0 Å². The molecule has 0 amide bonds. The highest BCUT2D eigenvalue weighted by atomic mass is 28.3. The van der Waals surface area contributed by atoms with Crippen molar-refractivity contribution in [2.45, 2.75) is 32.5 Å². The number of carbonyl (C=O) groups is 2. The van der Waals surface area contributed by atoms with Gasteiger partial charge in [0.2, 0.25) is 0 Å². The lowest BCUT2D eigenvalue weighted by molar-refractivity contribution is 0.0555. The zero-order valence-electron chi connectivity index (χ0n) is 18.6. The van der Waals surface area contributed by atoms with Gasteiger partial charge in [-0.15, -0.1) is 6.58 Å². The van der Waals surface area contributed by atoms with E-state index in [2.05, 4.69) is 26.2 Å². The number of hydrogen-bond acceptors (Lipinski definition) is 5. The Balaban J connectivity index is 3.15. The molecule has 0 aliphatic heterocycles. The van der Waals surface area contributed by atoms with Gasteiger partial charge in [-0.05, 0) is 28.5 Å². The summed E-state index contributed by atoms with van der Waals surface area (Å²) in [6.07, 6.45) is 3.22. The average molecular weight is 427 g/mol. The predicted molar refractivity (Wildman–Crippen MR) is 123 cm³/mol. The Hall–Kier alpha value is -2.86.